The number of hydrogen-bond donors (Lipinski definition) is 1. The van der Waals surface area contributed by atoms with Gasteiger partial charge in [-0.1, -0.05) is 17.3 Å². The van der Waals surface area contributed by atoms with Gasteiger partial charge in [-0.05, 0) is 50.3 Å². The third-order valence-corrected chi connectivity index (χ3v) is 4.55. The zero-order valence-electron chi connectivity index (χ0n) is 14.1. The number of aryl methyl sites for hydroxylation is 1. The Hall–Kier alpha value is -1.92. The van der Waals surface area contributed by atoms with E-state index in [1.165, 1.54) is 0 Å². The van der Waals surface area contributed by atoms with Crippen molar-refractivity contribution in [1.82, 2.24) is 19.9 Å². The first-order chi connectivity index (χ1) is 11.0. The van der Waals surface area contributed by atoms with Gasteiger partial charge in [0.15, 0.2) is 5.69 Å². The number of nitrogens with two attached hydrogens (primary N) is 1. The van der Waals surface area contributed by atoms with E-state index in [1.54, 1.807) is 10.9 Å². The van der Waals surface area contributed by atoms with Crippen molar-refractivity contribution < 1.29 is 4.79 Å². The molecule has 0 bridgehead atoms. The van der Waals surface area contributed by atoms with Crippen molar-refractivity contribution >= 4 is 18.3 Å². The lowest BCUT2D eigenvalue weighted by molar-refractivity contribution is 0.0675. The molecule has 1 aliphatic rings. The summed E-state index contributed by atoms with van der Waals surface area (Å²) in [7, 11) is 0. The van der Waals surface area contributed by atoms with Crippen molar-refractivity contribution in [3.63, 3.8) is 0 Å². The first-order valence-electron chi connectivity index (χ1n) is 8.09. The van der Waals surface area contributed by atoms with Crippen LogP contribution in [0.1, 0.15) is 35.8 Å². The van der Waals surface area contributed by atoms with Crippen molar-refractivity contribution in [3.05, 3.63) is 41.7 Å². The summed E-state index contributed by atoms with van der Waals surface area (Å²) in [6.45, 7) is 5.54. The second-order valence-electron chi connectivity index (χ2n) is 6.38. The molecule has 1 saturated heterocycles. The Morgan fingerprint density at radius 2 is 2.04 bits per heavy atom. The third-order valence-electron chi connectivity index (χ3n) is 4.55. The predicted octanol–water partition coefficient (Wildman–Crippen LogP) is 2.20. The second kappa shape index (κ2) is 7.77. The molecule has 1 atom stereocenters. The van der Waals surface area contributed by atoms with Crippen LogP contribution in [-0.2, 0) is 0 Å². The standard InChI is InChI=1S/C17H23N5O.ClH/c1-12-4-3-5-15(10-12)22-11-16(19-20-22)17(23)21-8-6-14(7-9-21)13(2)18;/h3-5,10-11,13-14H,6-9,18H2,1-2H3;1H. The van der Waals surface area contributed by atoms with Crippen LogP contribution in [0.5, 0.6) is 0 Å². The van der Waals surface area contributed by atoms with Crippen LogP contribution in [0.4, 0.5) is 0 Å². The van der Waals surface area contributed by atoms with Gasteiger partial charge >= 0.3 is 0 Å². The van der Waals surface area contributed by atoms with E-state index in [9.17, 15) is 4.79 Å². The predicted molar refractivity (Wildman–Crippen MR) is 95.6 cm³/mol. The molecule has 7 heteroatoms. The molecule has 1 aliphatic heterocycles. The lowest BCUT2D eigenvalue weighted by Crippen LogP contribution is -2.42. The minimum absolute atomic E-state index is 0. The lowest BCUT2D eigenvalue weighted by Gasteiger charge is -2.33. The number of piperidine rings is 1. The monoisotopic (exact) mass is 349 g/mol. The number of carbonyl (C=O) groups excluding carboxylic acids is 1. The number of benzene rings is 1. The second-order valence-corrected chi connectivity index (χ2v) is 6.38. The van der Waals surface area contributed by atoms with E-state index in [1.807, 2.05) is 43.0 Å². The van der Waals surface area contributed by atoms with E-state index >= 15 is 0 Å². The van der Waals surface area contributed by atoms with Crippen molar-refractivity contribution in [2.45, 2.75) is 32.7 Å². The van der Waals surface area contributed by atoms with Gasteiger partial charge in [-0.15, -0.1) is 17.5 Å². The molecule has 0 radical (unpaired) electrons. The van der Waals surface area contributed by atoms with E-state index in [0.29, 0.717) is 11.6 Å². The normalized spacial score (nSPS) is 16.5. The maximum absolute atomic E-state index is 12.6. The molecule has 2 N–H and O–H groups in total. The fraction of sp³-hybridized carbons (Fsp3) is 0.471. The van der Waals surface area contributed by atoms with Crippen LogP contribution < -0.4 is 5.73 Å². The molecule has 6 nitrogen and oxygen atoms in total. The number of amides is 1. The Balaban J connectivity index is 0.00000208. The van der Waals surface area contributed by atoms with Gasteiger partial charge in [0.05, 0.1) is 11.9 Å². The molecular formula is C17H24ClN5O. The number of hydrogen-bond acceptors (Lipinski definition) is 4. The summed E-state index contributed by atoms with van der Waals surface area (Å²) in [6.07, 6.45) is 3.61. The highest BCUT2D eigenvalue weighted by Crippen LogP contribution is 2.20. The molecule has 0 saturated carbocycles. The molecule has 1 fully saturated rings. The number of likely N-dealkylation sites (tertiary alicyclic amines) is 1. The smallest absolute Gasteiger partial charge is 0.276 e. The molecular weight excluding hydrogens is 326 g/mol. The molecule has 2 heterocycles. The first kappa shape index (κ1) is 18.4. The molecule has 0 spiro atoms. The average Bonchev–Trinajstić information content (AvgIpc) is 3.04. The molecule has 1 aromatic carbocycles. The van der Waals surface area contributed by atoms with E-state index in [-0.39, 0.29) is 24.4 Å². The number of aromatic nitrogens is 3. The van der Waals surface area contributed by atoms with Gasteiger partial charge in [0.1, 0.15) is 0 Å². The van der Waals surface area contributed by atoms with Gasteiger partial charge in [0, 0.05) is 19.1 Å². The van der Waals surface area contributed by atoms with Crippen LogP contribution in [0.25, 0.3) is 5.69 Å². The first-order valence-corrected chi connectivity index (χ1v) is 8.09. The largest absolute Gasteiger partial charge is 0.337 e. The summed E-state index contributed by atoms with van der Waals surface area (Å²) in [5.74, 6) is 0.453. The molecule has 1 aromatic heterocycles. The molecule has 1 amide bonds. The van der Waals surface area contributed by atoms with E-state index in [0.717, 1.165) is 37.2 Å². The van der Waals surface area contributed by atoms with Crippen molar-refractivity contribution in [3.8, 4) is 5.69 Å². The van der Waals surface area contributed by atoms with Gasteiger partial charge in [-0.3, -0.25) is 4.79 Å². The van der Waals surface area contributed by atoms with Crippen LogP contribution in [0.3, 0.4) is 0 Å². The number of halogens is 1. The summed E-state index contributed by atoms with van der Waals surface area (Å²) in [5, 5.41) is 8.13. The van der Waals surface area contributed by atoms with Crippen LogP contribution in [-0.4, -0.2) is 44.9 Å². The van der Waals surface area contributed by atoms with E-state index in [4.69, 9.17) is 5.73 Å². The van der Waals surface area contributed by atoms with Gasteiger partial charge < -0.3 is 10.6 Å². The van der Waals surface area contributed by atoms with Gasteiger partial charge in [0.25, 0.3) is 5.91 Å². The minimum Gasteiger partial charge on any atom is -0.337 e. The average molecular weight is 350 g/mol. The summed E-state index contributed by atoms with van der Waals surface area (Å²) in [5.41, 5.74) is 8.40. The number of carbonyl (C=O) groups is 1. The van der Waals surface area contributed by atoms with Crippen molar-refractivity contribution in [2.75, 3.05) is 13.1 Å². The molecule has 2 aromatic rings. The summed E-state index contributed by atoms with van der Waals surface area (Å²) in [4.78, 5) is 14.4. The van der Waals surface area contributed by atoms with Crippen molar-refractivity contribution in [2.24, 2.45) is 11.7 Å². The molecule has 130 valence electrons. The summed E-state index contributed by atoms with van der Waals surface area (Å²) in [6, 6.07) is 8.14. The van der Waals surface area contributed by atoms with Gasteiger partial charge in [0.2, 0.25) is 0 Å². The van der Waals surface area contributed by atoms with Crippen LogP contribution in [0, 0.1) is 12.8 Å². The highest BCUT2D eigenvalue weighted by Gasteiger charge is 2.26. The Kier molecular flexibility index (Phi) is 5.96. The van der Waals surface area contributed by atoms with Crippen molar-refractivity contribution in [1.29, 1.82) is 0 Å². The molecule has 3 rings (SSSR count). The van der Waals surface area contributed by atoms with Gasteiger partial charge in [-0.2, -0.15) is 0 Å². The highest BCUT2D eigenvalue weighted by molar-refractivity contribution is 5.92. The fourth-order valence-electron chi connectivity index (χ4n) is 3.05. The Morgan fingerprint density at radius 3 is 2.67 bits per heavy atom. The summed E-state index contributed by atoms with van der Waals surface area (Å²) >= 11 is 0. The van der Waals surface area contributed by atoms with Crippen LogP contribution in [0.15, 0.2) is 30.5 Å². The minimum atomic E-state index is -0.0490. The zero-order valence-corrected chi connectivity index (χ0v) is 14.9. The Labute approximate surface area is 148 Å². The maximum Gasteiger partial charge on any atom is 0.276 e. The third kappa shape index (κ3) is 3.94. The summed E-state index contributed by atoms with van der Waals surface area (Å²) < 4.78 is 1.65. The Bertz CT molecular complexity index is 692. The van der Waals surface area contributed by atoms with Crippen LogP contribution in [0.2, 0.25) is 0 Å². The molecule has 0 aliphatic carbocycles. The molecule has 1 unspecified atom stereocenters. The maximum atomic E-state index is 12.6. The fourth-order valence-corrected chi connectivity index (χ4v) is 3.05. The topological polar surface area (TPSA) is 77.0 Å². The zero-order chi connectivity index (χ0) is 16.4. The van der Waals surface area contributed by atoms with Crippen LogP contribution >= 0.6 is 12.4 Å². The Morgan fingerprint density at radius 1 is 1.33 bits per heavy atom. The quantitative estimate of drug-likeness (QED) is 0.921. The molecule has 24 heavy (non-hydrogen) atoms. The number of rotatable bonds is 3. The van der Waals surface area contributed by atoms with E-state index < -0.39 is 0 Å². The lowest BCUT2D eigenvalue weighted by atomic mass is 9.91. The highest BCUT2D eigenvalue weighted by atomic mass is 35.5. The van der Waals surface area contributed by atoms with E-state index in [2.05, 4.69) is 10.3 Å². The van der Waals surface area contributed by atoms with Gasteiger partial charge in [-0.25, -0.2) is 4.68 Å². The number of nitrogens with zero attached hydrogens (tertiary/aromatic N) is 4. The SMILES string of the molecule is Cc1cccc(-n2cc(C(=O)N3CCC(C(C)N)CC3)nn2)c1.Cl.